The fraction of sp³-hybridized carbons (Fsp3) is 0.294. The molecule has 0 aliphatic heterocycles. The van der Waals surface area contributed by atoms with Gasteiger partial charge in [-0.05, 0) is 30.2 Å². The van der Waals surface area contributed by atoms with Crippen LogP contribution in [0, 0.1) is 5.92 Å². The third-order valence-electron chi connectivity index (χ3n) is 3.33. The molecule has 0 radical (unpaired) electrons. The smallest absolute Gasteiger partial charge is 0.319 e. The number of urea groups is 1. The number of nitrogens with zero attached hydrogens (tertiary/aromatic N) is 1. The fourth-order valence-electron chi connectivity index (χ4n) is 2.02. The lowest BCUT2D eigenvalue weighted by Crippen LogP contribution is -2.41. The van der Waals surface area contributed by atoms with E-state index in [9.17, 15) is 4.79 Å². The Kier molecular flexibility index (Phi) is 5.77. The zero-order valence-corrected chi connectivity index (χ0v) is 12.9. The Morgan fingerprint density at radius 2 is 1.82 bits per heavy atom. The van der Waals surface area contributed by atoms with E-state index in [1.165, 1.54) is 0 Å². The SMILES string of the molecule is CC(C)[C@H](CNC(=O)Nc1cccnc1)Nc1ccccc1. The summed E-state index contributed by atoms with van der Waals surface area (Å²) in [5, 5.41) is 9.10. The van der Waals surface area contributed by atoms with Gasteiger partial charge in [0.15, 0.2) is 0 Å². The Hall–Kier alpha value is -2.56. The van der Waals surface area contributed by atoms with Gasteiger partial charge in [-0.15, -0.1) is 0 Å². The van der Waals surface area contributed by atoms with E-state index >= 15 is 0 Å². The summed E-state index contributed by atoms with van der Waals surface area (Å²) in [5.41, 5.74) is 1.73. The summed E-state index contributed by atoms with van der Waals surface area (Å²) in [4.78, 5) is 15.9. The van der Waals surface area contributed by atoms with Crippen LogP contribution in [-0.2, 0) is 0 Å². The van der Waals surface area contributed by atoms with E-state index in [-0.39, 0.29) is 12.1 Å². The van der Waals surface area contributed by atoms with Crippen LogP contribution in [0.2, 0.25) is 0 Å². The van der Waals surface area contributed by atoms with E-state index < -0.39 is 0 Å². The van der Waals surface area contributed by atoms with E-state index in [1.807, 2.05) is 30.3 Å². The van der Waals surface area contributed by atoms with Crippen LogP contribution >= 0.6 is 0 Å². The molecule has 1 atom stereocenters. The Morgan fingerprint density at radius 3 is 2.45 bits per heavy atom. The average Bonchev–Trinajstić information content (AvgIpc) is 2.53. The fourth-order valence-corrected chi connectivity index (χ4v) is 2.02. The molecule has 0 fully saturated rings. The Balaban J connectivity index is 1.85. The van der Waals surface area contributed by atoms with Gasteiger partial charge in [0.05, 0.1) is 11.9 Å². The van der Waals surface area contributed by atoms with Crippen molar-refractivity contribution in [2.45, 2.75) is 19.9 Å². The number of anilines is 2. The molecule has 2 aromatic rings. The molecule has 0 bridgehead atoms. The normalized spacial score (nSPS) is 11.8. The highest BCUT2D eigenvalue weighted by Gasteiger charge is 2.14. The van der Waals surface area contributed by atoms with Crippen molar-refractivity contribution < 1.29 is 4.79 Å². The largest absolute Gasteiger partial charge is 0.380 e. The lowest BCUT2D eigenvalue weighted by molar-refractivity contribution is 0.251. The Labute approximate surface area is 131 Å². The van der Waals surface area contributed by atoms with Crippen LogP contribution in [-0.4, -0.2) is 23.6 Å². The summed E-state index contributed by atoms with van der Waals surface area (Å²) in [6.07, 6.45) is 3.28. The number of aromatic nitrogens is 1. The zero-order valence-electron chi connectivity index (χ0n) is 12.9. The standard InChI is InChI=1S/C17H22N4O/c1-13(2)16(20-14-7-4-3-5-8-14)12-19-17(22)21-15-9-6-10-18-11-15/h3-11,13,16,20H,12H2,1-2H3,(H2,19,21,22)/t16-/m0/s1. The number of carbonyl (C=O) groups excluding carboxylic acids is 1. The number of rotatable bonds is 6. The molecule has 22 heavy (non-hydrogen) atoms. The lowest BCUT2D eigenvalue weighted by atomic mass is 10.0. The summed E-state index contributed by atoms with van der Waals surface area (Å²) in [6, 6.07) is 13.5. The minimum atomic E-state index is -0.228. The highest BCUT2D eigenvalue weighted by molar-refractivity contribution is 5.88. The first kappa shape index (κ1) is 15.8. The molecule has 0 spiro atoms. The lowest BCUT2D eigenvalue weighted by Gasteiger charge is -2.24. The van der Waals surface area contributed by atoms with E-state index in [1.54, 1.807) is 24.5 Å². The summed E-state index contributed by atoms with van der Waals surface area (Å²) in [7, 11) is 0. The number of para-hydroxylation sites is 1. The molecule has 0 aliphatic carbocycles. The van der Waals surface area contributed by atoms with Gasteiger partial charge in [0.2, 0.25) is 0 Å². The maximum absolute atomic E-state index is 11.9. The van der Waals surface area contributed by atoms with E-state index in [2.05, 4.69) is 34.8 Å². The van der Waals surface area contributed by atoms with Crippen molar-refractivity contribution in [1.29, 1.82) is 0 Å². The van der Waals surface area contributed by atoms with Crippen molar-refractivity contribution in [3.8, 4) is 0 Å². The van der Waals surface area contributed by atoms with Gasteiger partial charge in [0.25, 0.3) is 0 Å². The predicted octanol–water partition coefficient (Wildman–Crippen LogP) is 3.34. The van der Waals surface area contributed by atoms with Gasteiger partial charge in [0.1, 0.15) is 0 Å². The van der Waals surface area contributed by atoms with Crippen LogP contribution in [0.3, 0.4) is 0 Å². The van der Waals surface area contributed by atoms with Crippen molar-refractivity contribution in [2.24, 2.45) is 5.92 Å². The molecule has 0 unspecified atom stereocenters. The molecule has 2 amide bonds. The molecule has 1 heterocycles. The number of hydrogen-bond acceptors (Lipinski definition) is 3. The minimum Gasteiger partial charge on any atom is -0.380 e. The second kappa shape index (κ2) is 8.02. The van der Waals surface area contributed by atoms with Crippen molar-refractivity contribution in [3.05, 3.63) is 54.9 Å². The molecule has 5 heteroatoms. The van der Waals surface area contributed by atoms with Gasteiger partial charge in [0, 0.05) is 24.5 Å². The Morgan fingerprint density at radius 1 is 1.09 bits per heavy atom. The van der Waals surface area contributed by atoms with Crippen LogP contribution in [0.15, 0.2) is 54.9 Å². The monoisotopic (exact) mass is 298 g/mol. The summed E-state index contributed by atoms with van der Waals surface area (Å²) >= 11 is 0. The molecule has 3 N–H and O–H groups in total. The highest BCUT2D eigenvalue weighted by Crippen LogP contribution is 2.12. The molecular formula is C17H22N4O. The van der Waals surface area contributed by atoms with Crippen molar-refractivity contribution in [1.82, 2.24) is 10.3 Å². The number of carbonyl (C=O) groups is 1. The van der Waals surface area contributed by atoms with Crippen LogP contribution in [0.4, 0.5) is 16.2 Å². The molecular weight excluding hydrogens is 276 g/mol. The first-order chi connectivity index (χ1) is 10.6. The number of nitrogens with one attached hydrogen (secondary N) is 3. The van der Waals surface area contributed by atoms with Gasteiger partial charge in [-0.2, -0.15) is 0 Å². The summed E-state index contributed by atoms with van der Waals surface area (Å²) < 4.78 is 0. The van der Waals surface area contributed by atoms with Crippen LogP contribution in [0.25, 0.3) is 0 Å². The molecule has 1 aromatic carbocycles. The second-order valence-electron chi connectivity index (χ2n) is 5.44. The third kappa shape index (κ3) is 5.09. The van der Waals surface area contributed by atoms with Gasteiger partial charge in [-0.3, -0.25) is 4.98 Å². The van der Waals surface area contributed by atoms with Crippen molar-refractivity contribution in [3.63, 3.8) is 0 Å². The van der Waals surface area contributed by atoms with E-state index in [0.717, 1.165) is 5.69 Å². The summed E-state index contributed by atoms with van der Waals surface area (Å²) in [5.74, 6) is 0.388. The number of hydrogen-bond donors (Lipinski definition) is 3. The van der Waals surface area contributed by atoms with Gasteiger partial charge in [-0.1, -0.05) is 32.0 Å². The molecule has 0 saturated carbocycles. The quantitative estimate of drug-likeness (QED) is 0.766. The molecule has 2 rings (SSSR count). The maximum atomic E-state index is 11.9. The van der Waals surface area contributed by atoms with E-state index in [4.69, 9.17) is 0 Å². The first-order valence-electron chi connectivity index (χ1n) is 7.41. The number of benzene rings is 1. The van der Waals surface area contributed by atoms with E-state index in [0.29, 0.717) is 18.2 Å². The maximum Gasteiger partial charge on any atom is 0.319 e. The number of pyridine rings is 1. The molecule has 0 saturated heterocycles. The molecule has 0 aliphatic rings. The van der Waals surface area contributed by atoms with Gasteiger partial charge < -0.3 is 16.0 Å². The average molecular weight is 298 g/mol. The van der Waals surface area contributed by atoms with Gasteiger partial charge >= 0.3 is 6.03 Å². The molecule has 116 valence electrons. The third-order valence-corrected chi connectivity index (χ3v) is 3.33. The first-order valence-corrected chi connectivity index (χ1v) is 7.41. The zero-order chi connectivity index (χ0) is 15.8. The van der Waals surface area contributed by atoms with Crippen molar-refractivity contribution >= 4 is 17.4 Å². The molecule has 5 nitrogen and oxygen atoms in total. The number of amides is 2. The molecule has 1 aromatic heterocycles. The van der Waals surface area contributed by atoms with Gasteiger partial charge in [-0.25, -0.2) is 4.79 Å². The topological polar surface area (TPSA) is 66.0 Å². The van der Waals surface area contributed by atoms with Crippen LogP contribution in [0.1, 0.15) is 13.8 Å². The van der Waals surface area contributed by atoms with Crippen LogP contribution < -0.4 is 16.0 Å². The Bertz CT molecular complexity index is 572. The highest BCUT2D eigenvalue weighted by atomic mass is 16.2. The minimum absolute atomic E-state index is 0.155. The predicted molar refractivity (Wildman–Crippen MR) is 89.9 cm³/mol. The van der Waals surface area contributed by atoms with Crippen LogP contribution in [0.5, 0.6) is 0 Å². The summed E-state index contributed by atoms with van der Waals surface area (Å²) in [6.45, 7) is 4.79. The second-order valence-corrected chi connectivity index (χ2v) is 5.44. The van der Waals surface area contributed by atoms with Crippen molar-refractivity contribution in [2.75, 3.05) is 17.2 Å².